The summed E-state index contributed by atoms with van der Waals surface area (Å²) in [5, 5.41) is 10.7. The van der Waals surface area contributed by atoms with Crippen molar-refractivity contribution in [3.05, 3.63) is 34.9 Å². The van der Waals surface area contributed by atoms with Gasteiger partial charge < -0.3 is 5.11 Å². The fourth-order valence-electron chi connectivity index (χ4n) is 1.30. The second-order valence-corrected chi connectivity index (χ2v) is 2.85. The van der Waals surface area contributed by atoms with Gasteiger partial charge in [0.1, 0.15) is 0 Å². The Morgan fingerprint density at radius 2 is 1.79 bits per heavy atom. The summed E-state index contributed by atoms with van der Waals surface area (Å²) in [5.41, 5.74) is 0.337. The van der Waals surface area contributed by atoms with Gasteiger partial charge >= 0.3 is 5.97 Å². The smallest absolute Gasteiger partial charge is 0.335 e. The van der Waals surface area contributed by atoms with Crippen molar-refractivity contribution < 1.29 is 19.5 Å². The minimum absolute atomic E-state index is 0.00593. The van der Waals surface area contributed by atoms with E-state index in [0.717, 1.165) is 0 Å². The second kappa shape index (κ2) is 2.66. The summed E-state index contributed by atoms with van der Waals surface area (Å²) in [5.74, 6) is -2.16. The molecule has 1 heterocycles. The topological polar surface area (TPSA) is 83.5 Å². The normalized spacial score (nSPS) is 13.7. The number of nitrogens with one attached hydrogen (secondary N) is 1. The van der Waals surface area contributed by atoms with E-state index >= 15 is 0 Å². The Hall–Kier alpha value is -2.17. The van der Waals surface area contributed by atoms with E-state index in [1.165, 1.54) is 18.2 Å². The lowest BCUT2D eigenvalue weighted by Crippen LogP contribution is -2.19. The Labute approximate surface area is 78.3 Å². The number of carboxylic acids is 1. The van der Waals surface area contributed by atoms with Crippen LogP contribution in [-0.4, -0.2) is 22.9 Å². The van der Waals surface area contributed by atoms with Crippen LogP contribution in [0.1, 0.15) is 31.1 Å². The van der Waals surface area contributed by atoms with Gasteiger partial charge in [-0.1, -0.05) is 0 Å². The number of aromatic carboxylic acids is 1. The van der Waals surface area contributed by atoms with E-state index in [1.54, 1.807) is 0 Å². The van der Waals surface area contributed by atoms with Gasteiger partial charge in [0.25, 0.3) is 11.8 Å². The van der Waals surface area contributed by atoms with Crippen LogP contribution in [0, 0.1) is 0 Å². The van der Waals surface area contributed by atoms with Crippen molar-refractivity contribution in [1.29, 1.82) is 0 Å². The van der Waals surface area contributed by atoms with Crippen molar-refractivity contribution in [2.75, 3.05) is 0 Å². The number of imide groups is 1. The Morgan fingerprint density at radius 3 is 2.43 bits per heavy atom. The summed E-state index contributed by atoms with van der Waals surface area (Å²) in [7, 11) is 0. The number of hydrogen-bond acceptors (Lipinski definition) is 3. The molecule has 0 bridgehead atoms. The predicted molar refractivity (Wildman–Crippen MR) is 45.2 cm³/mol. The summed E-state index contributed by atoms with van der Waals surface area (Å²) in [6, 6.07) is 3.82. The zero-order valence-corrected chi connectivity index (χ0v) is 6.90. The third-order valence-electron chi connectivity index (χ3n) is 1.98. The second-order valence-electron chi connectivity index (χ2n) is 2.85. The quantitative estimate of drug-likeness (QED) is 0.624. The van der Waals surface area contributed by atoms with Crippen molar-refractivity contribution in [2.24, 2.45) is 0 Å². The van der Waals surface area contributed by atoms with Crippen LogP contribution >= 0.6 is 0 Å². The zero-order chi connectivity index (χ0) is 10.3. The highest BCUT2D eigenvalue weighted by molar-refractivity contribution is 6.22. The molecule has 0 radical (unpaired) electrons. The first-order chi connectivity index (χ1) is 6.59. The molecule has 2 rings (SSSR count). The van der Waals surface area contributed by atoms with Gasteiger partial charge in [0.2, 0.25) is 0 Å². The first-order valence-electron chi connectivity index (χ1n) is 3.82. The van der Waals surface area contributed by atoms with Crippen molar-refractivity contribution in [2.45, 2.75) is 0 Å². The van der Waals surface area contributed by atoms with Gasteiger partial charge in [0.15, 0.2) is 0 Å². The lowest BCUT2D eigenvalue weighted by atomic mass is 10.1. The summed E-state index contributed by atoms with van der Waals surface area (Å²) < 4.78 is 0. The van der Waals surface area contributed by atoms with Crippen LogP contribution < -0.4 is 5.32 Å². The fraction of sp³-hybridized carbons (Fsp3) is 0. The molecule has 1 aromatic carbocycles. The molecule has 2 amide bonds. The highest BCUT2D eigenvalue weighted by Crippen LogP contribution is 2.17. The van der Waals surface area contributed by atoms with Gasteiger partial charge in [-0.2, -0.15) is 0 Å². The lowest BCUT2D eigenvalue weighted by molar-refractivity contribution is 0.0696. The summed E-state index contributed by atoms with van der Waals surface area (Å²) >= 11 is 0. The maximum absolute atomic E-state index is 11.1. The number of fused-ring (bicyclic) bond motifs is 1. The molecule has 0 unspecified atom stereocenters. The third kappa shape index (κ3) is 1.06. The van der Waals surface area contributed by atoms with Gasteiger partial charge in [-0.05, 0) is 18.2 Å². The molecule has 1 aliphatic heterocycles. The number of carbonyl (C=O) groups is 3. The zero-order valence-electron chi connectivity index (χ0n) is 6.90. The number of hydrogen-bond donors (Lipinski definition) is 2. The molecule has 2 N–H and O–H groups in total. The van der Waals surface area contributed by atoms with E-state index in [9.17, 15) is 14.4 Å². The molecule has 0 atom stereocenters. The molecule has 0 saturated carbocycles. The van der Waals surface area contributed by atoms with E-state index in [0.29, 0.717) is 0 Å². The van der Waals surface area contributed by atoms with E-state index in [1.807, 2.05) is 0 Å². The van der Waals surface area contributed by atoms with E-state index < -0.39 is 17.8 Å². The molecule has 0 spiro atoms. The molecule has 5 heteroatoms. The highest BCUT2D eigenvalue weighted by Gasteiger charge is 2.27. The van der Waals surface area contributed by atoms with Gasteiger partial charge in [0, 0.05) is 0 Å². The molecule has 0 aliphatic carbocycles. The Bertz CT molecular complexity index is 464. The van der Waals surface area contributed by atoms with Crippen LogP contribution in [-0.2, 0) is 0 Å². The van der Waals surface area contributed by atoms with Crippen LogP contribution in [0.5, 0.6) is 0 Å². The maximum atomic E-state index is 11.1. The van der Waals surface area contributed by atoms with E-state index in [-0.39, 0.29) is 16.7 Å². The van der Waals surface area contributed by atoms with Crippen molar-refractivity contribution in [3.8, 4) is 0 Å². The Kier molecular flexibility index (Phi) is 1.60. The average molecular weight is 191 g/mol. The number of carbonyl (C=O) groups excluding carboxylic acids is 2. The van der Waals surface area contributed by atoms with Crippen LogP contribution in [0.4, 0.5) is 0 Å². The molecule has 0 fully saturated rings. The first kappa shape index (κ1) is 8.43. The Balaban J connectivity index is 2.61. The molecule has 0 saturated heterocycles. The predicted octanol–water partition coefficient (Wildman–Crippen LogP) is 0.268. The molecule has 14 heavy (non-hydrogen) atoms. The monoisotopic (exact) mass is 191 g/mol. The van der Waals surface area contributed by atoms with Gasteiger partial charge in [-0.25, -0.2) is 4.79 Å². The number of rotatable bonds is 1. The lowest BCUT2D eigenvalue weighted by Gasteiger charge is -1.96. The first-order valence-corrected chi connectivity index (χ1v) is 3.82. The molecule has 1 aromatic rings. The molecular weight excluding hydrogens is 186 g/mol. The average Bonchev–Trinajstić information content (AvgIpc) is 2.42. The molecule has 70 valence electrons. The maximum Gasteiger partial charge on any atom is 0.335 e. The van der Waals surface area contributed by atoms with Gasteiger partial charge in [-0.15, -0.1) is 0 Å². The Morgan fingerprint density at radius 1 is 1.14 bits per heavy atom. The van der Waals surface area contributed by atoms with Crippen molar-refractivity contribution in [1.82, 2.24) is 5.32 Å². The van der Waals surface area contributed by atoms with E-state index in [2.05, 4.69) is 5.32 Å². The third-order valence-corrected chi connectivity index (χ3v) is 1.98. The molecular formula is C9H5NO4. The van der Waals surface area contributed by atoms with E-state index in [4.69, 9.17) is 5.11 Å². The minimum atomic E-state index is -1.13. The SMILES string of the molecule is O=C(O)c1ccc2c(c1)C(=O)NC2=O. The molecule has 1 aliphatic rings. The molecule has 5 nitrogen and oxygen atoms in total. The number of amides is 2. The summed E-state index contributed by atoms with van der Waals surface area (Å²) in [6.07, 6.45) is 0. The summed E-state index contributed by atoms with van der Waals surface area (Å²) in [6.45, 7) is 0. The number of benzene rings is 1. The summed E-state index contributed by atoms with van der Waals surface area (Å²) in [4.78, 5) is 32.8. The number of carboxylic acid groups (broad SMARTS) is 1. The van der Waals surface area contributed by atoms with Crippen LogP contribution in [0.25, 0.3) is 0 Å². The van der Waals surface area contributed by atoms with Gasteiger partial charge in [0.05, 0.1) is 16.7 Å². The molecule has 0 aromatic heterocycles. The highest BCUT2D eigenvalue weighted by atomic mass is 16.4. The van der Waals surface area contributed by atoms with Crippen LogP contribution in [0.3, 0.4) is 0 Å². The van der Waals surface area contributed by atoms with Gasteiger partial charge in [-0.3, -0.25) is 14.9 Å². The van der Waals surface area contributed by atoms with Crippen molar-refractivity contribution in [3.63, 3.8) is 0 Å². The van der Waals surface area contributed by atoms with Crippen LogP contribution in [0.2, 0.25) is 0 Å². The van der Waals surface area contributed by atoms with Crippen molar-refractivity contribution >= 4 is 17.8 Å². The van der Waals surface area contributed by atoms with Crippen LogP contribution in [0.15, 0.2) is 18.2 Å². The standard InChI is InChI=1S/C9H5NO4/c11-7-5-2-1-4(9(13)14)3-6(5)8(12)10-7/h1-3H,(H,13,14)(H,10,11,12). The fourth-order valence-corrected chi connectivity index (χ4v) is 1.30. The largest absolute Gasteiger partial charge is 0.478 e. The minimum Gasteiger partial charge on any atom is -0.478 e.